The molecule has 0 bridgehead atoms. The van der Waals surface area contributed by atoms with Gasteiger partial charge in [-0.05, 0) is 17.6 Å². The molecule has 0 unspecified atom stereocenters. The molecule has 0 aliphatic carbocycles. The average Bonchev–Trinajstić information content (AvgIpc) is 2.98. The fraction of sp³-hybridized carbons (Fsp3) is 0.0714. The van der Waals surface area contributed by atoms with Crippen LogP contribution in [0.2, 0.25) is 0 Å². The number of benzene rings is 2. The Labute approximate surface area is 112 Å². The Balaban J connectivity index is 1.86. The van der Waals surface area contributed by atoms with Gasteiger partial charge in [0.05, 0.1) is 7.11 Å². The minimum absolute atomic E-state index is 0.342. The Morgan fingerprint density at radius 2 is 1.95 bits per heavy atom. The summed E-state index contributed by atoms with van der Waals surface area (Å²) < 4.78 is 10.7. The molecule has 0 saturated carbocycles. The number of rotatable bonds is 3. The number of nitrogens with one attached hydrogen (secondary N) is 1. The Morgan fingerprint density at radius 3 is 2.74 bits per heavy atom. The van der Waals surface area contributed by atoms with Gasteiger partial charge >= 0.3 is 7.05 Å². The standard InChI is InChI=1S/C14H13BN2O2/c1-18-13-9-5-8-12(10-13)15-16-14(17-19-15)11-6-3-2-4-7-11/h2-10H,1H3,(H,16,17). The lowest BCUT2D eigenvalue weighted by atomic mass is 9.75. The molecule has 5 heteroatoms. The van der Waals surface area contributed by atoms with Crippen molar-refractivity contribution in [1.29, 1.82) is 0 Å². The number of amidine groups is 1. The lowest BCUT2D eigenvalue weighted by Crippen LogP contribution is -2.31. The van der Waals surface area contributed by atoms with Crippen molar-refractivity contribution >= 4 is 18.3 Å². The van der Waals surface area contributed by atoms with Gasteiger partial charge in [0, 0.05) is 5.56 Å². The lowest BCUT2D eigenvalue weighted by molar-refractivity contribution is 0.284. The zero-order valence-corrected chi connectivity index (χ0v) is 10.5. The van der Waals surface area contributed by atoms with Crippen LogP contribution in [0.4, 0.5) is 0 Å². The van der Waals surface area contributed by atoms with Crippen molar-refractivity contribution in [3.05, 3.63) is 60.2 Å². The van der Waals surface area contributed by atoms with E-state index in [1.807, 2.05) is 54.6 Å². The Bertz CT molecular complexity index is 601. The van der Waals surface area contributed by atoms with E-state index >= 15 is 0 Å². The van der Waals surface area contributed by atoms with Gasteiger partial charge in [0.1, 0.15) is 11.6 Å². The highest BCUT2D eigenvalue weighted by atomic mass is 16.6. The van der Waals surface area contributed by atoms with Gasteiger partial charge in [-0.15, -0.1) is 0 Å². The van der Waals surface area contributed by atoms with Gasteiger partial charge < -0.3 is 4.74 Å². The summed E-state index contributed by atoms with van der Waals surface area (Å²) in [4.78, 5) is 4.53. The van der Waals surface area contributed by atoms with Gasteiger partial charge in [0.2, 0.25) is 0 Å². The molecule has 2 aromatic carbocycles. The van der Waals surface area contributed by atoms with Crippen LogP contribution in [0.25, 0.3) is 0 Å². The second-order valence-electron chi connectivity index (χ2n) is 4.19. The molecule has 3 rings (SSSR count). The third-order valence-corrected chi connectivity index (χ3v) is 2.94. The predicted octanol–water partition coefficient (Wildman–Crippen LogP) is 1.37. The molecular weight excluding hydrogens is 239 g/mol. The second-order valence-corrected chi connectivity index (χ2v) is 4.19. The van der Waals surface area contributed by atoms with E-state index in [-0.39, 0.29) is 7.05 Å². The van der Waals surface area contributed by atoms with Crippen molar-refractivity contribution in [2.45, 2.75) is 0 Å². The number of hydrogen-bond donors (Lipinski definition) is 1. The number of methoxy groups -OCH3 is 1. The molecule has 1 aliphatic heterocycles. The fourth-order valence-electron chi connectivity index (χ4n) is 1.95. The van der Waals surface area contributed by atoms with E-state index < -0.39 is 0 Å². The summed E-state index contributed by atoms with van der Waals surface area (Å²) in [6.07, 6.45) is 0. The molecule has 0 aromatic heterocycles. The number of hydrogen-bond acceptors (Lipinski definition) is 4. The molecule has 0 amide bonds. The number of hydroxylamine groups is 1. The molecule has 0 fully saturated rings. The van der Waals surface area contributed by atoms with E-state index in [4.69, 9.17) is 9.49 Å². The summed E-state index contributed by atoms with van der Waals surface area (Å²) in [5.74, 6) is 1.54. The third-order valence-electron chi connectivity index (χ3n) is 2.94. The van der Waals surface area contributed by atoms with E-state index in [1.54, 1.807) is 7.11 Å². The second kappa shape index (κ2) is 5.16. The summed E-state index contributed by atoms with van der Waals surface area (Å²) in [6, 6.07) is 17.6. The number of nitrogens with zero attached hydrogens (tertiary/aromatic N) is 1. The topological polar surface area (TPSA) is 42.8 Å². The van der Waals surface area contributed by atoms with Crippen LogP contribution in [0.15, 0.2) is 59.5 Å². The van der Waals surface area contributed by atoms with Crippen LogP contribution in [0.5, 0.6) is 5.75 Å². The molecule has 4 nitrogen and oxygen atoms in total. The molecule has 0 radical (unpaired) electrons. The monoisotopic (exact) mass is 252 g/mol. The van der Waals surface area contributed by atoms with Crippen molar-refractivity contribution in [3.63, 3.8) is 0 Å². The van der Waals surface area contributed by atoms with Crippen molar-refractivity contribution < 1.29 is 9.49 Å². The largest absolute Gasteiger partial charge is 0.497 e. The van der Waals surface area contributed by atoms with Crippen LogP contribution in [0.3, 0.4) is 0 Å². The van der Waals surface area contributed by atoms with E-state index in [0.29, 0.717) is 0 Å². The van der Waals surface area contributed by atoms with Gasteiger partial charge in [0.15, 0.2) is 0 Å². The zero-order chi connectivity index (χ0) is 13.1. The van der Waals surface area contributed by atoms with Crippen LogP contribution >= 0.6 is 0 Å². The highest BCUT2D eigenvalue weighted by Gasteiger charge is 2.27. The Kier molecular flexibility index (Phi) is 3.20. The summed E-state index contributed by atoms with van der Waals surface area (Å²) >= 11 is 0. The van der Waals surface area contributed by atoms with Crippen LogP contribution in [-0.2, 0) is 4.76 Å². The summed E-state index contributed by atoms with van der Waals surface area (Å²) in [5, 5.41) is 0. The minimum Gasteiger partial charge on any atom is -0.497 e. The van der Waals surface area contributed by atoms with E-state index in [2.05, 4.69) is 10.4 Å². The first kappa shape index (κ1) is 11.8. The summed E-state index contributed by atoms with van der Waals surface area (Å²) in [5.41, 5.74) is 4.83. The van der Waals surface area contributed by atoms with Crippen molar-refractivity contribution in [2.75, 3.05) is 7.11 Å². The summed E-state index contributed by atoms with van der Waals surface area (Å²) in [7, 11) is 1.30. The number of ether oxygens (including phenoxy) is 1. The average molecular weight is 252 g/mol. The first-order valence-corrected chi connectivity index (χ1v) is 6.05. The predicted molar refractivity (Wildman–Crippen MR) is 75.6 cm³/mol. The Hall–Kier alpha value is -2.27. The molecule has 1 heterocycles. The first-order valence-electron chi connectivity index (χ1n) is 6.05. The molecule has 1 aliphatic rings. The quantitative estimate of drug-likeness (QED) is 0.839. The van der Waals surface area contributed by atoms with Crippen molar-refractivity contribution in [2.24, 2.45) is 4.90 Å². The third kappa shape index (κ3) is 2.46. The van der Waals surface area contributed by atoms with Gasteiger partial charge in [0.25, 0.3) is 0 Å². The minimum atomic E-state index is -0.342. The molecule has 2 aromatic rings. The summed E-state index contributed by atoms with van der Waals surface area (Å²) in [6.45, 7) is 0. The molecule has 19 heavy (non-hydrogen) atoms. The van der Waals surface area contributed by atoms with Crippen molar-refractivity contribution in [3.8, 4) is 5.75 Å². The van der Waals surface area contributed by atoms with E-state index in [9.17, 15) is 0 Å². The molecule has 94 valence electrons. The van der Waals surface area contributed by atoms with Crippen molar-refractivity contribution in [1.82, 2.24) is 5.48 Å². The maximum Gasteiger partial charge on any atom is 0.496 e. The molecule has 0 spiro atoms. The molecule has 1 N–H and O–H groups in total. The van der Waals surface area contributed by atoms with E-state index in [1.165, 1.54) is 0 Å². The van der Waals surface area contributed by atoms with Gasteiger partial charge in [-0.25, -0.2) is 0 Å². The molecule has 0 atom stereocenters. The Morgan fingerprint density at radius 1 is 1.11 bits per heavy atom. The van der Waals surface area contributed by atoms with E-state index in [0.717, 1.165) is 22.6 Å². The maximum atomic E-state index is 5.50. The maximum absolute atomic E-state index is 5.50. The SMILES string of the molecule is COc1cccc(B2N=C(c3ccccc3)NO2)c1. The lowest BCUT2D eigenvalue weighted by Gasteiger charge is -2.04. The van der Waals surface area contributed by atoms with Crippen LogP contribution in [-0.4, -0.2) is 20.0 Å². The highest BCUT2D eigenvalue weighted by Crippen LogP contribution is 2.10. The van der Waals surface area contributed by atoms with Gasteiger partial charge in [-0.2, -0.15) is 0 Å². The first-order chi connectivity index (χ1) is 9.36. The van der Waals surface area contributed by atoms with Crippen LogP contribution in [0, 0.1) is 0 Å². The van der Waals surface area contributed by atoms with Crippen LogP contribution < -0.4 is 15.7 Å². The normalized spacial score (nSPS) is 13.9. The fourth-order valence-corrected chi connectivity index (χ4v) is 1.95. The highest BCUT2D eigenvalue weighted by molar-refractivity contribution is 6.68. The zero-order valence-electron chi connectivity index (χ0n) is 10.5. The smallest absolute Gasteiger partial charge is 0.496 e. The van der Waals surface area contributed by atoms with Gasteiger partial charge in [-0.1, -0.05) is 42.5 Å². The van der Waals surface area contributed by atoms with Gasteiger partial charge in [-0.3, -0.25) is 15.1 Å². The van der Waals surface area contributed by atoms with Crippen LogP contribution in [0.1, 0.15) is 5.56 Å². The molecule has 0 saturated heterocycles. The molecular formula is C14H13BN2O2.